The second kappa shape index (κ2) is 4.39. The van der Waals surface area contributed by atoms with E-state index in [4.69, 9.17) is 0 Å². The van der Waals surface area contributed by atoms with Gasteiger partial charge >= 0.3 is 0 Å². The lowest BCUT2D eigenvalue weighted by Gasteiger charge is -2.56. The Kier molecular flexibility index (Phi) is 2.87. The molecule has 4 aliphatic rings. The number of carbonyl (C=O) groups excluding carboxylic acids is 3. The van der Waals surface area contributed by atoms with Crippen molar-refractivity contribution in [1.29, 1.82) is 0 Å². The molecule has 0 spiro atoms. The van der Waals surface area contributed by atoms with Gasteiger partial charge in [-0.3, -0.25) is 14.4 Å². The van der Waals surface area contributed by atoms with Crippen LogP contribution >= 0.6 is 0 Å². The van der Waals surface area contributed by atoms with Crippen molar-refractivity contribution in [2.45, 2.75) is 58.8 Å². The van der Waals surface area contributed by atoms with Gasteiger partial charge in [-0.05, 0) is 43.4 Å². The Morgan fingerprint density at radius 3 is 2.68 bits per heavy atom. The van der Waals surface area contributed by atoms with Crippen LogP contribution in [0.1, 0.15) is 58.8 Å². The summed E-state index contributed by atoms with van der Waals surface area (Å²) >= 11 is 0. The van der Waals surface area contributed by atoms with Crippen LogP contribution in [0, 0.1) is 28.6 Å². The number of rotatable bonds is 0. The van der Waals surface area contributed by atoms with Crippen molar-refractivity contribution in [3.05, 3.63) is 11.6 Å². The molecule has 0 aromatic rings. The SMILES string of the molecule is C[C@]12CC(=O)[C@H]3[C@@H](CCC4CC(=O)CC[C@@]43C)C1=CCC2=O. The van der Waals surface area contributed by atoms with Gasteiger partial charge in [-0.2, -0.15) is 0 Å². The van der Waals surface area contributed by atoms with Crippen LogP contribution in [-0.4, -0.2) is 17.3 Å². The fraction of sp³-hybridized carbons (Fsp3) is 0.737. The summed E-state index contributed by atoms with van der Waals surface area (Å²) in [6.45, 7) is 4.21. The van der Waals surface area contributed by atoms with Gasteiger partial charge in [0.05, 0.1) is 5.41 Å². The van der Waals surface area contributed by atoms with Crippen molar-refractivity contribution in [1.82, 2.24) is 0 Å². The first-order valence-corrected chi connectivity index (χ1v) is 8.64. The van der Waals surface area contributed by atoms with E-state index in [2.05, 4.69) is 13.0 Å². The minimum Gasteiger partial charge on any atom is -0.300 e. The third-order valence-corrected chi connectivity index (χ3v) is 7.32. The maximum absolute atomic E-state index is 13.0. The molecule has 4 rings (SSSR count). The van der Waals surface area contributed by atoms with E-state index in [1.54, 1.807) is 0 Å². The molecule has 0 amide bonds. The summed E-state index contributed by atoms with van der Waals surface area (Å²) in [6.07, 6.45) is 7.12. The molecule has 3 nitrogen and oxygen atoms in total. The summed E-state index contributed by atoms with van der Waals surface area (Å²) in [5.74, 6) is 1.50. The van der Waals surface area contributed by atoms with Crippen molar-refractivity contribution in [3.63, 3.8) is 0 Å². The predicted octanol–water partition coefficient (Wildman–Crippen LogP) is 3.27. The third-order valence-electron chi connectivity index (χ3n) is 7.32. The lowest BCUT2D eigenvalue weighted by Crippen LogP contribution is -2.55. The molecular formula is C19H24O3. The summed E-state index contributed by atoms with van der Waals surface area (Å²) in [5.41, 5.74) is 0.687. The smallest absolute Gasteiger partial charge is 0.146 e. The van der Waals surface area contributed by atoms with Gasteiger partial charge in [0.1, 0.15) is 17.3 Å². The molecule has 3 fully saturated rings. The van der Waals surface area contributed by atoms with E-state index in [0.717, 1.165) is 19.3 Å². The van der Waals surface area contributed by atoms with Gasteiger partial charge in [0.2, 0.25) is 0 Å². The maximum atomic E-state index is 13.0. The third kappa shape index (κ3) is 1.65. The van der Waals surface area contributed by atoms with E-state index >= 15 is 0 Å². The van der Waals surface area contributed by atoms with Crippen LogP contribution in [0.15, 0.2) is 11.6 Å². The first-order valence-electron chi connectivity index (χ1n) is 8.64. The van der Waals surface area contributed by atoms with E-state index in [9.17, 15) is 14.4 Å². The number of allylic oxidation sites excluding steroid dienone is 2. The molecule has 0 saturated heterocycles. The fourth-order valence-corrected chi connectivity index (χ4v) is 6.03. The highest BCUT2D eigenvalue weighted by Gasteiger charge is 2.60. The second-order valence-corrected chi connectivity index (χ2v) is 8.37. The summed E-state index contributed by atoms with van der Waals surface area (Å²) < 4.78 is 0. The Balaban J connectivity index is 1.75. The zero-order chi connectivity index (χ0) is 15.7. The molecule has 5 atom stereocenters. The topological polar surface area (TPSA) is 51.2 Å². The molecule has 0 heterocycles. The van der Waals surface area contributed by atoms with Crippen molar-refractivity contribution in [2.24, 2.45) is 28.6 Å². The van der Waals surface area contributed by atoms with Crippen LogP contribution in [0.25, 0.3) is 0 Å². The molecule has 1 unspecified atom stereocenters. The van der Waals surface area contributed by atoms with Gasteiger partial charge in [-0.1, -0.05) is 18.6 Å². The van der Waals surface area contributed by atoms with E-state index in [0.29, 0.717) is 37.4 Å². The van der Waals surface area contributed by atoms with E-state index < -0.39 is 5.41 Å². The quantitative estimate of drug-likeness (QED) is 0.645. The average Bonchev–Trinajstić information content (AvgIpc) is 2.75. The molecule has 118 valence electrons. The Hall–Kier alpha value is -1.25. The van der Waals surface area contributed by atoms with Crippen molar-refractivity contribution in [2.75, 3.05) is 0 Å². The minimum absolute atomic E-state index is 0.0320. The van der Waals surface area contributed by atoms with E-state index in [1.165, 1.54) is 5.57 Å². The first-order chi connectivity index (χ1) is 10.4. The number of fused-ring (bicyclic) bond motifs is 5. The van der Waals surface area contributed by atoms with Crippen LogP contribution < -0.4 is 0 Å². The summed E-state index contributed by atoms with van der Waals surface area (Å²) in [6, 6.07) is 0. The van der Waals surface area contributed by atoms with Crippen LogP contribution in [0.5, 0.6) is 0 Å². The van der Waals surface area contributed by atoms with Gasteiger partial charge in [-0.25, -0.2) is 0 Å². The summed E-state index contributed by atoms with van der Waals surface area (Å²) in [4.78, 5) is 37.1. The Morgan fingerprint density at radius 1 is 1.14 bits per heavy atom. The molecule has 0 aromatic heterocycles. The lowest BCUT2D eigenvalue weighted by molar-refractivity contribution is -0.149. The zero-order valence-electron chi connectivity index (χ0n) is 13.5. The Morgan fingerprint density at radius 2 is 1.91 bits per heavy atom. The number of Topliss-reactive ketones (excluding diaryl/α,β-unsaturated/α-hetero) is 3. The van der Waals surface area contributed by atoms with Crippen LogP contribution in [-0.2, 0) is 14.4 Å². The van der Waals surface area contributed by atoms with Gasteiger partial charge < -0.3 is 0 Å². The normalized spacial score (nSPS) is 47.6. The summed E-state index contributed by atoms with van der Waals surface area (Å²) in [7, 11) is 0. The monoisotopic (exact) mass is 300 g/mol. The fourth-order valence-electron chi connectivity index (χ4n) is 6.03. The minimum atomic E-state index is -0.522. The predicted molar refractivity (Wildman–Crippen MR) is 82.1 cm³/mol. The number of hydrogen-bond donors (Lipinski definition) is 0. The second-order valence-electron chi connectivity index (χ2n) is 8.37. The van der Waals surface area contributed by atoms with Gasteiger partial charge in [0.15, 0.2) is 0 Å². The van der Waals surface area contributed by atoms with Crippen molar-refractivity contribution >= 4 is 17.3 Å². The number of carbonyl (C=O) groups is 3. The highest BCUT2D eigenvalue weighted by atomic mass is 16.1. The molecular weight excluding hydrogens is 276 g/mol. The lowest BCUT2D eigenvalue weighted by atomic mass is 9.46. The molecule has 0 bridgehead atoms. The molecule has 4 aliphatic carbocycles. The van der Waals surface area contributed by atoms with Crippen molar-refractivity contribution < 1.29 is 14.4 Å². The van der Waals surface area contributed by atoms with Crippen molar-refractivity contribution in [3.8, 4) is 0 Å². The largest absolute Gasteiger partial charge is 0.300 e. The van der Waals surface area contributed by atoms with E-state index in [-0.39, 0.29) is 28.8 Å². The van der Waals surface area contributed by atoms with Crippen LogP contribution in [0.4, 0.5) is 0 Å². The highest BCUT2D eigenvalue weighted by molar-refractivity contribution is 5.99. The first kappa shape index (κ1) is 14.3. The molecule has 0 aliphatic heterocycles. The van der Waals surface area contributed by atoms with E-state index in [1.807, 2.05) is 6.92 Å². The Labute approximate surface area is 131 Å². The van der Waals surface area contributed by atoms with Crippen LogP contribution in [0.2, 0.25) is 0 Å². The van der Waals surface area contributed by atoms with Gasteiger partial charge in [0.25, 0.3) is 0 Å². The Bertz CT molecular complexity index is 616. The molecule has 0 radical (unpaired) electrons. The number of ketones is 3. The van der Waals surface area contributed by atoms with Gasteiger partial charge in [0, 0.05) is 31.6 Å². The molecule has 3 saturated carbocycles. The standard InChI is InChI=1S/C19H24O3/c1-18-8-7-12(20)9-11(18)3-4-13-14-5-6-16(22)19(14,2)10-15(21)17(13)18/h5,11,13,17H,3-4,6-10H2,1-2H3/t11?,13-,17+,18-,19-/m0/s1. The number of hydrogen-bond acceptors (Lipinski definition) is 3. The molecule has 0 aromatic carbocycles. The average molecular weight is 300 g/mol. The molecule has 3 heteroatoms. The molecule has 22 heavy (non-hydrogen) atoms. The maximum Gasteiger partial charge on any atom is 0.146 e. The molecule has 0 N–H and O–H groups in total. The van der Waals surface area contributed by atoms with Gasteiger partial charge in [-0.15, -0.1) is 0 Å². The highest BCUT2D eigenvalue weighted by Crippen LogP contribution is 2.62. The zero-order valence-corrected chi connectivity index (χ0v) is 13.5. The summed E-state index contributed by atoms with van der Waals surface area (Å²) in [5, 5.41) is 0. The van der Waals surface area contributed by atoms with Crippen LogP contribution in [0.3, 0.4) is 0 Å².